The molecule has 3 aromatic rings. The van der Waals surface area contributed by atoms with Crippen molar-refractivity contribution in [2.75, 3.05) is 5.32 Å². The molecule has 5 heteroatoms. The van der Waals surface area contributed by atoms with Crippen LogP contribution in [-0.4, -0.2) is 16.8 Å². The van der Waals surface area contributed by atoms with E-state index in [1.165, 1.54) is 0 Å². The molecule has 0 spiro atoms. The van der Waals surface area contributed by atoms with Crippen LogP contribution in [0.1, 0.15) is 28.9 Å². The van der Waals surface area contributed by atoms with Crippen molar-refractivity contribution in [1.29, 1.82) is 0 Å². The van der Waals surface area contributed by atoms with E-state index in [0.717, 1.165) is 29.3 Å². The monoisotopic (exact) mass is 345 g/mol. The summed E-state index contributed by atoms with van der Waals surface area (Å²) in [5.74, 6) is -0.169. The fourth-order valence-electron chi connectivity index (χ4n) is 2.88. The molecule has 1 fully saturated rings. The van der Waals surface area contributed by atoms with Gasteiger partial charge in [-0.15, -0.1) is 0 Å². The Morgan fingerprint density at radius 3 is 2.42 bits per heavy atom. The second-order valence-corrected chi connectivity index (χ2v) is 6.51. The predicted octanol–water partition coefficient (Wildman–Crippen LogP) is 3.51. The van der Waals surface area contributed by atoms with Crippen molar-refractivity contribution in [2.45, 2.75) is 19.4 Å². The molecule has 5 nitrogen and oxygen atoms in total. The Morgan fingerprint density at radius 2 is 1.73 bits per heavy atom. The third-order valence-corrected chi connectivity index (χ3v) is 4.49. The Kier molecular flexibility index (Phi) is 4.35. The van der Waals surface area contributed by atoms with Gasteiger partial charge in [-0.25, -0.2) is 0 Å². The third-order valence-electron chi connectivity index (χ3n) is 4.49. The molecule has 4 rings (SSSR count). The van der Waals surface area contributed by atoms with Crippen molar-refractivity contribution in [3.05, 3.63) is 72.1 Å². The first-order valence-corrected chi connectivity index (χ1v) is 8.72. The van der Waals surface area contributed by atoms with Gasteiger partial charge in [-0.3, -0.25) is 14.6 Å². The number of fused-ring (bicyclic) bond motifs is 1. The smallest absolute Gasteiger partial charge is 0.253 e. The van der Waals surface area contributed by atoms with Crippen LogP contribution < -0.4 is 10.6 Å². The highest BCUT2D eigenvalue weighted by atomic mass is 16.2. The van der Waals surface area contributed by atoms with Gasteiger partial charge in [-0.05, 0) is 47.9 Å². The molecule has 1 aromatic heterocycles. The lowest BCUT2D eigenvalue weighted by Crippen LogP contribution is -2.25. The lowest BCUT2D eigenvalue weighted by molar-refractivity contribution is -0.117. The number of amides is 2. The van der Waals surface area contributed by atoms with Crippen LogP contribution in [-0.2, 0) is 11.3 Å². The summed E-state index contributed by atoms with van der Waals surface area (Å²) in [7, 11) is 0. The average molecular weight is 345 g/mol. The molecule has 1 saturated carbocycles. The summed E-state index contributed by atoms with van der Waals surface area (Å²) >= 11 is 0. The van der Waals surface area contributed by atoms with Gasteiger partial charge in [0.15, 0.2) is 0 Å². The van der Waals surface area contributed by atoms with Crippen LogP contribution in [0.2, 0.25) is 0 Å². The van der Waals surface area contributed by atoms with Crippen LogP contribution in [0.15, 0.2) is 60.8 Å². The van der Waals surface area contributed by atoms with Crippen LogP contribution >= 0.6 is 0 Å². The van der Waals surface area contributed by atoms with E-state index in [9.17, 15) is 9.59 Å². The second kappa shape index (κ2) is 6.96. The maximum absolute atomic E-state index is 12.8. The van der Waals surface area contributed by atoms with Crippen molar-refractivity contribution >= 4 is 28.3 Å². The average Bonchev–Trinajstić information content (AvgIpc) is 3.52. The molecule has 0 atom stereocenters. The number of rotatable bonds is 5. The molecule has 0 aliphatic heterocycles. The van der Waals surface area contributed by atoms with Crippen LogP contribution in [0.4, 0.5) is 5.69 Å². The standard InChI is InChI=1S/C21H19N3O2/c25-20(14-8-9-14)24-19-12-16-6-2-1-5-15(16)11-18(19)21(26)23-13-17-7-3-4-10-22-17/h1-7,10-12,14H,8-9,13H2,(H,23,26)(H,24,25). The topological polar surface area (TPSA) is 71.1 Å². The number of nitrogens with one attached hydrogen (secondary N) is 2. The number of benzene rings is 2. The van der Waals surface area contributed by atoms with Gasteiger partial charge in [0.25, 0.3) is 5.91 Å². The Morgan fingerprint density at radius 1 is 1.00 bits per heavy atom. The number of pyridine rings is 1. The van der Waals surface area contributed by atoms with E-state index in [1.54, 1.807) is 6.20 Å². The van der Waals surface area contributed by atoms with Crippen molar-refractivity contribution in [3.8, 4) is 0 Å². The van der Waals surface area contributed by atoms with Gasteiger partial charge in [0.2, 0.25) is 5.91 Å². The van der Waals surface area contributed by atoms with Gasteiger partial charge in [0.1, 0.15) is 0 Å². The quantitative estimate of drug-likeness (QED) is 0.743. The van der Waals surface area contributed by atoms with Crippen molar-refractivity contribution < 1.29 is 9.59 Å². The summed E-state index contributed by atoms with van der Waals surface area (Å²) in [4.78, 5) is 29.2. The molecule has 0 radical (unpaired) electrons. The van der Waals surface area contributed by atoms with Crippen LogP contribution in [0.25, 0.3) is 10.8 Å². The Hall–Kier alpha value is -3.21. The molecule has 1 aliphatic carbocycles. The first-order valence-electron chi connectivity index (χ1n) is 8.72. The molecule has 1 aliphatic rings. The minimum atomic E-state index is -0.229. The minimum Gasteiger partial charge on any atom is -0.346 e. The fraction of sp³-hybridized carbons (Fsp3) is 0.190. The van der Waals surface area contributed by atoms with Crippen molar-refractivity contribution in [3.63, 3.8) is 0 Å². The molecule has 1 heterocycles. The highest BCUT2D eigenvalue weighted by molar-refractivity contribution is 6.08. The zero-order valence-corrected chi connectivity index (χ0v) is 14.2. The second-order valence-electron chi connectivity index (χ2n) is 6.51. The van der Waals surface area contributed by atoms with Gasteiger partial charge in [-0.1, -0.05) is 30.3 Å². The Bertz CT molecular complexity index is 965. The number of carbonyl (C=O) groups is 2. The minimum absolute atomic E-state index is 0.0148. The largest absolute Gasteiger partial charge is 0.346 e. The van der Waals surface area contributed by atoms with Crippen molar-refractivity contribution in [1.82, 2.24) is 10.3 Å². The highest BCUT2D eigenvalue weighted by Gasteiger charge is 2.30. The maximum atomic E-state index is 12.8. The van der Waals surface area contributed by atoms with Crippen LogP contribution in [0.3, 0.4) is 0 Å². The zero-order valence-electron chi connectivity index (χ0n) is 14.2. The SMILES string of the molecule is O=C(NCc1ccccn1)c1cc2ccccc2cc1NC(=O)C1CC1. The third kappa shape index (κ3) is 3.57. The molecule has 0 unspecified atom stereocenters. The molecule has 0 bridgehead atoms. The molecule has 2 N–H and O–H groups in total. The van der Waals surface area contributed by atoms with E-state index in [-0.39, 0.29) is 17.7 Å². The molecule has 2 aromatic carbocycles. The highest BCUT2D eigenvalue weighted by Crippen LogP contribution is 2.32. The molecular formula is C21H19N3O2. The Balaban J connectivity index is 1.62. The predicted molar refractivity (Wildman–Crippen MR) is 101 cm³/mol. The van der Waals surface area contributed by atoms with E-state index >= 15 is 0 Å². The van der Waals surface area contributed by atoms with Gasteiger partial charge < -0.3 is 10.6 Å². The first kappa shape index (κ1) is 16.3. The van der Waals surface area contributed by atoms with Crippen LogP contribution in [0, 0.1) is 5.92 Å². The maximum Gasteiger partial charge on any atom is 0.253 e. The first-order chi connectivity index (χ1) is 12.7. The van der Waals surface area contributed by atoms with E-state index in [1.807, 2.05) is 54.6 Å². The summed E-state index contributed by atoms with van der Waals surface area (Å²) in [6, 6.07) is 17.1. The molecule has 0 saturated heterocycles. The lowest BCUT2D eigenvalue weighted by Gasteiger charge is -2.13. The summed E-state index contributed by atoms with van der Waals surface area (Å²) in [6.45, 7) is 0.336. The van der Waals surface area contributed by atoms with E-state index in [0.29, 0.717) is 17.8 Å². The van der Waals surface area contributed by atoms with Crippen molar-refractivity contribution in [2.24, 2.45) is 5.92 Å². The van der Waals surface area contributed by atoms with E-state index in [2.05, 4.69) is 15.6 Å². The molecule has 130 valence electrons. The number of carbonyl (C=O) groups excluding carboxylic acids is 2. The number of anilines is 1. The normalized spacial score (nSPS) is 13.4. The van der Waals surface area contributed by atoms with Gasteiger partial charge in [0, 0.05) is 12.1 Å². The fourth-order valence-corrected chi connectivity index (χ4v) is 2.88. The number of nitrogens with zero attached hydrogens (tertiary/aromatic N) is 1. The van der Waals surface area contributed by atoms with E-state index < -0.39 is 0 Å². The summed E-state index contributed by atoms with van der Waals surface area (Å²) in [5.41, 5.74) is 1.80. The summed E-state index contributed by atoms with van der Waals surface area (Å²) in [5, 5.41) is 7.76. The Labute approximate surface area is 151 Å². The zero-order chi connectivity index (χ0) is 17.9. The molecule has 26 heavy (non-hydrogen) atoms. The molecule has 2 amide bonds. The van der Waals surface area contributed by atoms with Gasteiger partial charge in [0.05, 0.1) is 23.5 Å². The van der Waals surface area contributed by atoms with Gasteiger partial charge >= 0.3 is 0 Å². The van der Waals surface area contributed by atoms with E-state index in [4.69, 9.17) is 0 Å². The number of aromatic nitrogens is 1. The molecular weight excluding hydrogens is 326 g/mol. The van der Waals surface area contributed by atoms with Gasteiger partial charge in [-0.2, -0.15) is 0 Å². The van der Waals surface area contributed by atoms with Crippen LogP contribution in [0.5, 0.6) is 0 Å². The summed E-state index contributed by atoms with van der Waals surface area (Å²) in [6.07, 6.45) is 3.53. The lowest BCUT2D eigenvalue weighted by atomic mass is 10.0. The summed E-state index contributed by atoms with van der Waals surface area (Å²) < 4.78 is 0. The number of hydrogen-bond donors (Lipinski definition) is 2. The number of hydrogen-bond acceptors (Lipinski definition) is 3.